The van der Waals surface area contributed by atoms with Gasteiger partial charge in [0.25, 0.3) is 0 Å². The average Bonchev–Trinajstić information content (AvgIpc) is 3.21. The summed E-state index contributed by atoms with van der Waals surface area (Å²) in [6.45, 7) is 3.12. The van der Waals surface area contributed by atoms with Crippen molar-refractivity contribution < 1.29 is 14.6 Å². The van der Waals surface area contributed by atoms with Gasteiger partial charge in [0.05, 0.1) is 13.2 Å². The maximum atomic E-state index is 10.5. The van der Waals surface area contributed by atoms with E-state index in [9.17, 15) is 9.90 Å². The molecule has 5 nitrogen and oxygen atoms in total. The molecule has 1 aromatic rings. The average molecular weight is 260 g/mol. The zero-order valence-electron chi connectivity index (χ0n) is 10.6. The molecular formula is C14H16N2O3. The summed E-state index contributed by atoms with van der Waals surface area (Å²) in [7, 11) is 0. The molecule has 0 radical (unpaired) electrons. The van der Waals surface area contributed by atoms with E-state index in [0.29, 0.717) is 13.2 Å². The van der Waals surface area contributed by atoms with Crippen LogP contribution in [0.25, 0.3) is 0 Å². The first-order valence-corrected chi connectivity index (χ1v) is 6.50. The fourth-order valence-corrected chi connectivity index (χ4v) is 2.56. The first-order valence-electron chi connectivity index (χ1n) is 6.50. The second-order valence-electron chi connectivity index (χ2n) is 5.04. The Bertz CT molecular complexity index is 527. The maximum absolute atomic E-state index is 10.5. The zero-order valence-corrected chi connectivity index (χ0v) is 10.6. The second kappa shape index (κ2) is 4.68. The van der Waals surface area contributed by atoms with E-state index in [0.717, 1.165) is 37.2 Å². The lowest BCUT2D eigenvalue weighted by Gasteiger charge is -2.29. The molecule has 0 amide bonds. The van der Waals surface area contributed by atoms with Crippen molar-refractivity contribution in [2.75, 3.05) is 31.2 Å². The Morgan fingerprint density at radius 1 is 1.32 bits per heavy atom. The third-order valence-corrected chi connectivity index (χ3v) is 3.84. The number of aromatic hydroxyl groups is 1. The Labute approximate surface area is 111 Å². The van der Waals surface area contributed by atoms with Crippen LogP contribution in [-0.2, 0) is 15.1 Å². The second-order valence-corrected chi connectivity index (χ2v) is 5.04. The summed E-state index contributed by atoms with van der Waals surface area (Å²) in [5, 5.41) is 10.0. The standard InChI is InChI=1S/C14H16N2O3/c17-10-15-14(3-4-14)12-9-11(1-2-13(12)18)16-5-7-19-8-6-16/h1-2,9,18H,3-8H2. The molecule has 1 aromatic carbocycles. The fourth-order valence-electron chi connectivity index (χ4n) is 2.56. The quantitative estimate of drug-likeness (QED) is 0.661. The van der Waals surface area contributed by atoms with Crippen molar-refractivity contribution in [3.05, 3.63) is 23.8 Å². The highest BCUT2D eigenvalue weighted by atomic mass is 16.5. The monoisotopic (exact) mass is 260 g/mol. The van der Waals surface area contributed by atoms with E-state index in [4.69, 9.17) is 4.74 Å². The summed E-state index contributed by atoms with van der Waals surface area (Å²) in [4.78, 5) is 16.6. The van der Waals surface area contributed by atoms with Crippen molar-refractivity contribution in [3.63, 3.8) is 0 Å². The first-order chi connectivity index (χ1) is 9.25. The largest absolute Gasteiger partial charge is 0.508 e. The molecule has 3 rings (SSSR count). The first kappa shape index (κ1) is 12.2. The van der Waals surface area contributed by atoms with Crippen LogP contribution in [0.15, 0.2) is 23.2 Å². The Morgan fingerprint density at radius 2 is 2.05 bits per heavy atom. The predicted molar refractivity (Wildman–Crippen MR) is 70.2 cm³/mol. The number of phenols is 1. The number of carbonyl (C=O) groups excluding carboxylic acids is 1. The lowest BCUT2D eigenvalue weighted by molar-refractivity contribution is 0.122. The Morgan fingerprint density at radius 3 is 2.68 bits per heavy atom. The van der Waals surface area contributed by atoms with Gasteiger partial charge in [0.2, 0.25) is 6.08 Å². The van der Waals surface area contributed by atoms with Crippen LogP contribution in [0.1, 0.15) is 18.4 Å². The van der Waals surface area contributed by atoms with Crippen LogP contribution in [-0.4, -0.2) is 37.5 Å². The maximum Gasteiger partial charge on any atom is 0.235 e. The van der Waals surface area contributed by atoms with Gasteiger partial charge in [0.1, 0.15) is 11.3 Å². The molecule has 1 N–H and O–H groups in total. The number of benzene rings is 1. The van der Waals surface area contributed by atoms with E-state index < -0.39 is 5.54 Å². The topological polar surface area (TPSA) is 62.1 Å². The molecule has 19 heavy (non-hydrogen) atoms. The minimum absolute atomic E-state index is 0.202. The summed E-state index contributed by atoms with van der Waals surface area (Å²) in [6.07, 6.45) is 3.21. The molecule has 2 fully saturated rings. The lowest BCUT2D eigenvalue weighted by atomic mass is 10.0. The van der Waals surface area contributed by atoms with Crippen molar-refractivity contribution in [1.82, 2.24) is 0 Å². The van der Waals surface area contributed by atoms with Gasteiger partial charge in [-0.05, 0) is 31.0 Å². The van der Waals surface area contributed by atoms with Crippen LogP contribution >= 0.6 is 0 Å². The summed E-state index contributed by atoms with van der Waals surface area (Å²) in [5.74, 6) is 0.202. The number of morpholine rings is 1. The third-order valence-electron chi connectivity index (χ3n) is 3.84. The Kier molecular flexibility index (Phi) is 3.01. The number of anilines is 1. The van der Waals surface area contributed by atoms with Crippen LogP contribution in [0.4, 0.5) is 5.69 Å². The molecule has 1 aliphatic heterocycles. The van der Waals surface area contributed by atoms with Crippen molar-refractivity contribution in [3.8, 4) is 5.75 Å². The molecule has 2 aliphatic rings. The molecule has 0 bridgehead atoms. The number of phenolic OH excluding ortho intramolecular Hbond substituents is 1. The van der Waals surface area contributed by atoms with Crippen LogP contribution < -0.4 is 4.90 Å². The van der Waals surface area contributed by atoms with Gasteiger partial charge in [-0.15, -0.1) is 0 Å². The number of rotatable bonds is 3. The normalized spacial score (nSPS) is 20.7. The van der Waals surface area contributed by atoms with Gasteiger partial charge < -0.3 is 14.7 Å². The summed E-state index contributed by atoms with van der Waals surface area (Å²) in [5.41, 5.74) is 1.25. The molecule has 0 atom stereocenters. The van der Waals surface area contributed by atoms with Gasteiger partial charge in [-0.2, -0.15) is 4.99 Å². The molecule has 100 valence electrons. The van der Waals surface area contributed by atoms with Crippen molar-refractivity contribution >= 4 is 11.8 Å². The number of nitrogens with zero attached hydrogens (tertiary/aromatic N) is 2. The highest BCUT2D eigenvalue weighted by molar-refractivity contribution is 5.57. The number of aliphatic imine (C=N–C) groups is 1. The molecule has 1 heterocycles. The van der Waals surface area contributed by atoms with E-state index in [2.05, 4.69) is 9.89 Å². The van der Waals surface area contributed by atoms with Crippen LogP contribution in [0.3, 0.4) is 0 Å². The molecule has 0 aromatic heterocycles. The summed E-state index contributed by atoms with van der Waals surface area (Å²) >= 11 is 0. The van der Waals surface area contributed by atoms with Crippen LogP contribution in [0.2, 0.25) is 0 Å². The molecule has 0 spiro atoms. The van der Waals surface area contributed by atoms with Gasteiger partial charge in [0, 0.05) is 24.3 Å². The van der Waals surface area contributed by atoms with Crippen LogP contribution in [0, 0.1) is 0 Å². The molecule has 1 aliphatic carbocycles. The smallest absolute Gasteiger partial charge is 0.235 e. The molecule has 0 unspecified atom stereocenters. The Hall–Kier alpha value is -1.84. The number of isocyanates is 1. The number of hydrogen-bond acceptors (Lipinski definition) is 5. The lowest BCUT2D eigenvalue weighted by Crippen LogP contribution is -2.36. The van der Waals surface area contributed by atoms with Crippen molar-refractivity contribution in [2.24, 2.45) is 4.99 Å². The molecular weight excluding hydrogens is 244 g/mol. The third kappa shape index (κ3) is 2.23. The zero-order chi connectivity index (χ0) is 13.3. The van der Waals surface area contributed by atoms with E-state index in [-0.39, 0.29) is 5.75 Å². The Balaban J connectivity index is 1.94. The van der Waals surface area contributed by atoms with E-state index in [1.165, 1.54) is 0 Å². The van der Waals surface area contributed by atoms with Gasteiger partial charge >= 0.3 is 0 Å². The fraction of sp³-hybridized carbons (Fsp3) is 0.500. The minimum Gasteiger partial charge on any atom is -0.508 e. The van der Waals surface area contributed by atoms with E-state index in [1.54, 1.807) is 12.1 Å². The molecule has 1 saturated heterocycles. The molecule has 1 saturated carbocycles. The minimum atomic E-state index is -0.534. The molecule has 5 heteroatoms. The van der Waals surface area contributed by atoms with Gasteiger partial charge in [-0.1, -0.05) is 0 Å². The SMILES string of the molecule is O=C=NC1(c2cc(N3CCOCC3)ccc2O)CC1. The van der Waals surface area contributed by atoms with E-state index >= 15 is 0 Å². The van der Waals surface area contributed by atoms with Gasteiger partial charge in [0.15, 0.2) is 0 Å². The van der Waals surface area contributed by atoms with Gasteiger partial charge in [-0.25, -0.2) is 4.79 Å². The van der Waals surface area contributed by atoms with E-state index in [1.807, 2.05) is 12.1 Å². The summed E-state index contributed by atoms with van der Waals surface area (Å²) in [6, 6.07) is 5.51. The summed E-state index contributed by atoms with van der Waals surface area (Å²) < 4.78 is 5.33. The number of ether oxygens (including phenoxy) is 1. The van der Waals surface area contributed by atoms with Crippen LogP contribution in [0.5, 0.6) is 5.75 Å². The van der Waals surface area contributed by atoms with Gasteiger partial charge in [-0.3, -0.25) is 0 Å². The highest BCUT2D eigenvalue weighted by Crippen LogP contribution is 2.52. The van der Waals surface area contributed by atoms with Crippen molar-refractivity contribution in [2.45, 2.75) is 18.4 Å². The number of hydrogen-bond donors (Lipinski definition) is 1. The predicted octanol–water partition coefficient (Wildman–Crippen LogP) is 1.55. The van der Waals surface area contributed by atoms with Crippen molar-refractivity contribution in [1.29, 1.82) is 0 Å². The highest BCUT2D eigenvalue weighted by Gasteiger charge is 2.46.